The maximum Gasteiger partial charge on any atom is 0.263 e. The Hall–Kier alpha value is -2.90. The van der Waals surface area contributed by atoms with Crippen molar-refractivity contribution in [2.24, 2.45) is 0 Å². The van der Waals surface area contributed by atoms with Crippen LogP contribution in [0.15, 0.2) is 84.0 Å². The fourth-order valence-corrected chi connectivity index (χ4v) is 4.58. The Bertz CT molecular complexity index is 1030. The van der Waals surface area contributed by atoms with Gasteiger partial charge in [-0.15, -0.1) is 0 Å². The molecule has 0 unspecified atom stereocenters. The first-order chi connectivity index (χ1) is 14.1. The lowest BCUT2D eigenvalue weighted by atomic mass is 10.1. The molecule has 1 N–H and O–H groups in total. The van der Waals surface area contributed by atoms with Crippen molar-refractivity contribution in [3.8, 4) is 0 Å². The average molecular weight is 409 g/mol. The van der Waals surface area contributed by atoms with Crippen LogP contribution in [-0.4, -0.2) is 44.5 Å². The molecular formula is C22H24N4O2S. The van der Waals surface area contributed by atoms with Crippen molar-refractivity contribution in [1.82, 2.24) is 9.88 Å². The van der Waals surface area contributed by atoms with E-state index in [0.717, 1.165) is 31.7 Å². The van der Waals surface area contributed by atoms with E-state index in [9.17, 15) is 8.42 Å². The van der Waals surface area contributed by atoms with E-state index >= 15 is 0 Å². The van der Waals surface area contributed by atoms with Crippen LogP contribution in [0.25, 0.3) is 0 Å². The lowest BCUT2D eigenvalue weighted by Gasteiger charge is -2.36. The number of rotatable bonds is 6. The molecule has 1 saturated heterocycles. The lowest BCUT2D eigenvalue weighted by Crippen LogP contribution is -2.46. The van der Waals surface area contributed by atoms with Crippen molar-refractivity contribution in [2.75, 3.05) is 35.8 Å². The number of anilines is 2. The number of pyridine rings is 1. The molecule has 1 aliphatic rings. The fraction of sp³-hybridized carbons (Fsp3) is 0.227. The SMILES string of the molecule is O=S(=O)(Nc1ccccc1CN1CCN(c2ccccc2)CC1)c1cccnc1. The van der Waals surface area contributed by atoms with Crippen molar-refractivity contribution in [2.45, 2.75) is 11.4 Å². The van der Waals surface area contributed by atoms with Gasteiger partial charge in [-0.2, -0.15) is 0 Å². The van der Waals surface area contributed by atoms with E-state index in [2.05, 4.69) is 43.8 Å². The van der Waals surface area contributed by atoms with Gasteiger partial charge in [0.1, 0.15) is 4.90 Å². The molecule has 0 atom stereocenters. The Morgan fingerprint density at radius 1 is 0.862 bits per heavy atom. The van der Waals surface area contributed by atoms with Gasteiger partial charge in [0.15, 0.2) is 0 Å². The summed E-state index contributed by atoms with van der Waals surface area (Å²) >= 11 is 0. The second-order valence-electron chi connectivity index (χ2n) is 7.05. The van der Waals surface area contributed by atoms with E-state index in [0.29, 0.717) is 12.2 Å². The van der Waals surface area contributed by atoms with Crippen molar-refractivity contribution in [3.63, 3.8) is 0 Å². The molecule has 0 amide bonds. The molecular weight excluding hydrogens is 384 g/mol. The molecule has 2 aromatic carbocycles. The minimum atomic E-state index is -3.66. The van der Waals surface area contributed by atoms with E-state index in [1.807, 2.05) is 30.3 Å². The third kappa shape index (κ3) is 4.75. The second-order valence-corrected chi connectivity index (χ2v) is 8.73. The maximum atomic E-state index is 12.7. The van der Waals surface area contributed by atoms with Crippen LogP contribution in [0.4, 0.5) is 11.4 Å². The summed E-state index contributed by atoms with van der Waals surface area (Å²) in [7, 11) is -3.66. The van der Waals surface area contributed by atoms with Crippen LogP contribution >= 0.6 is 0 Å². The van der Waals surface area contributed by atoms with E-state index in [1.54, 1.807) is 18.3 Å². The van der Waals surface area contributed by atoms with E-state index in [4.69, 9.17) is 0 Å². The van der Waals surface area contributed by atoms with Crippen LogP contribution in [-0.2, 0) is 16.6 Å². The van der Waals surface area contributed by atoms with Gasteiger partial charge in [-0.1, -0.05) is 36.4 Å². The van der Waals surface area contributed by atoms with Crippen LogP contribution < -0.4 is 9.62 Å². The zero-order chi connectivity index (χ0) is 20.1. The summed E-state index contributed by atoms with van der Waals surface area (Å²) in [5, 5.41) is 0. The first-order valence-corrected chi connectivity index (χ1v) is 11.1. The van der Waals surface area contributed by atoms with Gasteiger partial charge < -0.3 is 4.90 Å². The number of benzene rings is 2. The van der Waals surface area contributed by atoms with Crippen LogP contribution in [0.5, 0.6) is 0 Å². The number of nitrogens with zero attached hydrogens (tertiary/aromatic N) is 3. The number of hydrogen-bond acceptors (Lipinski definition) is 5. The maximum absolute atomic E-state index is 12.7. The normalized spacial score (nSPS) is 15.2. The molecule has 1 fully saturated rings. The second kappa shape index (κ2) is 8.63. The van der Waals surface area contributed by atoms with Gasteiger partial charge >= 0.3 is 0 Å². The summed E-state index contributed by atoms with van der Waals surface area (Å²) in [6, 6.07) is 21.2. The van der Waals surface area contributed by atoms with Gasteiger partial charge in [0, 0.05) is 50.8 Å². The molecule has 1 aliphatic heterocycles. The summed E-state index contributed by atoms with van der Waals surface area (Å²) in [4.78, 5) is 8.81. The Balaban J connectivity index is 1.43. The van der Waals surface area contributed by atoms with Gasteiger partial charge in [0.2, 0.25) is 0 Å². The first-order valence-electron chi connectivity index (χ1n) is 9.65. The van der Waals surface area contributed by atoms with Gasteiger partial charge in [-0.05, 0) is 35.9 Å². The van der Waals surface area contributed by atoms with Gasteiger partial charge in [0.05, 0.1) is 5.69 Å². The highest BCUT2D eigenvalue weighted by molar-refractivity contribution is 7.92. The smallest absolute Gasteiger partial charge is 0.263 e. The molecule has 150 valence electrons. The van der Waals surface area contributed by atoms with Crippen molar-refractivity contribution < 1.29 is 8.42 Å². The number of nitrogens with one attached hydrogen (secondary N) is 1. The Morgan fingerprint density at radius 3 is 2.31 bits per heavy atom. The van der Waals surface area contributed by atoms with Crippen molar-refractivity contribution >= 4 is 21.4 Å². The van der Waals surface area contributed by atoms with Crippen LogP contribution in [0.2, 0.25) is 0 Å². The van der Waals surface area contributed by atoms with Crippen molar-refractivity contribution in [1.29, 1.82) is 0 Å². The minimum absolute atomic E-state index is 0.159. The van der Waals surface area contributed by atoms with Crippen LogP contribution in [0, 0.1) is 0 Å². The van der Waals surface area contributed by atoms with E-state index in [1.165, 1.54) is 11.9 Å². The predicted molar refractivity (Wildman–Crippen MR) is 115 cm³/mol. The molecule has 0 aliphatic carbocycles. The van der Waals surface area contributed by atoms with Crippen molar-refractivity contribution in [3.05, 3.63) is 84.7 Å². The van der Waals surface area contributed by atoms with Crippen LogP contribution in [0.1, 0.15) is 5.56 Å². The van der Waals surface area contributed by atoms with Crippen LogP contribution in [0.3, 0.4) is 0 Å². The number of hydrogen-bond donors (Lipinski definition) is 1. The van der Waals surface area contributed by atoms with Gasteiger partial charge in [0.25, 0.3) is 10.0 Å². The Kier molecular flexibility index (Phi) is 5.78. The minimum Gasteiger partial charge on any atom is -0.369 e. The number of aromatic nitrogens is 1. The van der Waals surface area contributed by atoms with Gasteiger partial charge in [-0.25, -0.2) is 8.42 Å². The number of sulfonamides is 1. The summed E-state index contributed by atoms with van der Waals surface area (Å²) < 4.78 is 28.1. The van der Waals surface area contributed by atoms with E-state index < -0.39 is 10.0 Å². The highest BCUT2D eigenvalue weighted by atomic mass is 32.2. The third-order valence-corrected chi connectivity index (χ3v) is 6.44. The molecule has 6 nitrogen and oxygen atoms in total. The molecule has 0 radical (unpaired) electrons. The predicted octanol–water partition coefficient (Wildman–Crippen LogP) is 3.20. The van der Waals surface area contributed by atoms with E-state index in [-0.39, 0.29) is 4.90 Å². The highest BCUT2D eigenvalue weighted by Crippen LogP contribution is 2.23. The molecule has 0 saturated carbocycles. The summed E-state index contributed by atoms with van der Waals surface area (Å²) in [6.45, 7) is 4.46. The topological polar surface area (TPSA) is 65.5 Å². The number of para-hydroxylation sites is 2. The first kappa shape index (κ1) is 19.4. The summed E-state index contributed by atoms with van der Waals surface area (Å²) in [5.41, 5.74) is 2.83. The molecule has 29 heavy (non-hydrogen) atoms. The zero-order valence-electron chi connectivity index (χ0n) is 16.1. The molecule has 1 aromatic heterocycles. The molecule has 2 heterocycles. The number of piperazine rings is 1. The average Bonchev–Trinajstić information content (AvgIpc) is 2.77. The zero-order valence-corrected chi connectivity index (χ0v) is 16.9. The lowest BCUT2D eigenvalue weighted by molar-refractivity contribution is 0.250. The summed E-state index contributed by atoms with van der Waals surface area (Å²) in [5.74, 6) is 0. The molecule has 7 heteroatoms. The monoisotopic (exact) mass is 408 g/mol. The largest absolute Gasteiger partial charge is 0.369 e. The van der Waals surface area contributed by atoms with Gasteiger partial charge in [-0.3, -0.25) is 14.6 Å². The summed E-state index contributed by atoms with van der Waals surface area (Å²) in [6.07, 6.45) is 2.91. The molecule has 0 spiro atoms. The molecule has 3 aromatic rings. The molecule has 4 rings (SSSR count). The molecule has 0 bridgehead atoms. The Labute approximate surface area is 171 Å². The quantitative estimate of drug-likeness (QED) is 0.679. The highest BCUT2D eigenvalue weighted by Gasteiger charge is 2.20. The third-order valence-electron chi connectivity index (χ3n) is 5.09. The fourth-order valence-electron chi connectivity index (χ4n) is 3.51. The Morgan fingerprint density at radius 2 is 1.59 bits per heavy atom. The standard InChI is InChI=1S/C22H24N4O2S/c27-29(28,21-10-6-12-23-17-21)24-22-11-5-4-7-19(22)18-25-13-15-26(16-14-25)20-8-2-1-3-9-20/h1-12,17,24H,13-16,18H2.